The van der Waals surface area contributed by atoms with Gasteiger partial charge in [0.15, 0.2) is 0 Å². The molecule has 0 bridgehead atoms. The molecule has 4 amide bonds. The molecular formula is C30H46N4O5. The lowest BCUT2D eigenvalue weighted by atomic mass is 9.88. The molecule has 0 spiro atoms. The Morgan fingerprint density at radius 1 is 1.10 bits per heavy atom. The summed E-state index contributed by atoms with van der Waals surface area (Å²) in [7, 11) is 1.77. The van der Waals surface area contributed by atoms with Crippen molar-refractivity contribution in [2.24, 2.45) is 11.8 Å². The van der Waals surface area contributed by atoms with Gasteiger partial charge in [-0.2, -0.15) is 0 Å². The molecule has 9 nitrogen and oxygen atoms in total. The minimum atomic E-state index is -0.389. The third-order valence-corrected chi connectivity index (χ3v) is 8.64. The van der Waals surface area contributed by atoms with Gasteiger partial charge < -0.3 is 30.3 Å². The summed E-state index contributed by atoms with van der Waals surface area (Å²) in [4.78, 5) is 42.8. The number of rotatable bonds is 7. The van der Waals surface area contributed by atoms with Gasteiger partial charge in [0.05, 0.1) is 24.8 Å². The first kappa shape index (κ1) is 29.2. The minimum absolute atomic E-state index is 0.000792. The van der Waals surface area contributed by atoms with Crippen LogP contribution in [0.15, 0.2) is 18.2 Å². The van der Waals surface area contributed by atoms with E-state index >= 15 is 0 Å². The summed E-state index contributed by atoms with van der Waals surface area (Å²) in [5.74, 6) is 0.0786. The van der Waals surface area contributed by atoms with Crippen LogP contribution in [0.2, 0.25) is 0 Å². The number of carbonyl (C=O) groups is 3. The highest BCUT2D eigenvalue weighted by Crippen LogP contribution is 2.32. The van der Waals surface area contributed by atoms with E-state index in [4.69, 9.17) is 4.74 Å². The summed E-state index contributed by atoms with van der Waals surface area (Å²) in [5.41, 5.74) is 0.912. The Bertz CT molecular complexity index is 1010. The summed E-state index contributed by atoms with van der Waals surface area (Å²) in [6.45, 7) is 4.39. The number of fused-ring (bicyclic) bond motifs is 1. The van der Waals surface area contributed by atoms with Gasteiger partial charge in [-0.1, -0.05) is 45.4 Å². The maximum atomic E-state index is 13.7. The van der Waals surface area contributed by atoms with Gasteiger partial charge in [-0.15, -0.1) is 0 Å². The van der Waals surface area contributed by atoms with Crippen molar-refractivity contribution in [2.45, 2.75) is 96.2 Å². The van der Waals surface area contributed by atoms with E-state index in [0.29, 0.717) is 30.1 Å². The van der Waals surface area contributed by atoms with Crippen molar-refractivity contribution in [3.63, 3.8) is 0 Å². The SMILES string of the molecule is C[C@@H]1CN([C@H](C)CO)C(=O)c2cc(NC(=O)C3CCCCC3)ccc2O[C@@H]1CN(C)C(=O)NC1CCCCC1. The van der Waals surface area contributed by atoms with E-state index < -0.39 is 0 Å². The number of aliphatic hydroxyl groups is 1. The van der Waals surface area contributed by atoms with Crippen LogP contribution in [0.5, 0.6) is 5.75 Å². The molecular weight excluding hydrogens is 496 g/mol. The number of nitrogens with zero attached hydrogens (tertiary/aromatic N) is 2. The second kappa shape index (κ2) is 13.5. The molecule has 39 heavy (non-hydrogen) atoms. The number of likely N-dealkylation sites (N-methyl/N-ethyl adjacent to an activating group) is 1. The zero-order valence-electron chi connectivity index (χ0n) is 23.8. The molecule has 216 valence electrons. The van der Waals surface area contributed by atoms with Crippen LogP contribution in [0.25, 0.3) is 0 Å². The van der Waals surface area contributed by atoms with E-state index in [1.807, 2.05) is 13.8 Å². The number of aliphatic hydroxyl groups excluding tert-OH is 1. The van der Waals surface area contributed by atoms with E-state index in [2.05, 4.69) is 10.6 Å². The monoisotopic (exact) mass is 542 g/mol. The Balaban J connectivity index is 1.53. The number of anilines is 1. The lowest BCUT2D eigenvalue weighted by Gasteiger charge is -2.38. The quantitative estimate of drug-likeness (QED) is 0.473. The highest BCUT2D eigenvalue weighted by Gasteiger charge is 2.34. The van der Waals surface area contributed by atoms with Gasteiger partial charge in [0.25, 0.3) is 5.91 Å². The van der Waals surface area contributed by atoms with E-state index in [-0.39, 0.29) is 54.5 Å². The fourth-order valence-corrected chi connectivity index (χ4v) is 6.01. The fraction of sp³-hybridized carbons (Fsp3) is 0.700. The average Bonchev–Trinajstić information content (AvgIpc) is 2.95. The van der Waals surface area contributed by atoms with E-state index in [1.54, 1.807) is 35.0 Å². The lowest BCUT2D eigenvalue weighted by Crippen LogP contribution is -2.52. The van der Waals surface area contributed by atoms with Crippen molar-refractivity contribution in [1.29, 1.82) is 0 Å². The smallest absolute Gasteiger partial charge is 0.317 e. The third-order valence-electron chi connectivity index (χ3n) is 8.64. The number of ether oxygens (including phenoxy) is 1. The molecule has 2 saturated carbocycles. The van der Waals surface area contributed by atoms with Crippen molar-refractivity contribution in [3.8, 4) is 5.75 Å². The van der Waals surface area contributed by atoms with Gasteiger partial charge in [0, 0.05) is 37.2 Å². The van der Waals surface area contributed by atoms with Crippen LogP contribution in [0.4, 0.5) is 10.5 Å². The van der Waals surface area contributed by atoms with Gasteiger partial charge in [0.2, 0.25) is 5.91 Å². The first-order chi connectivity index (χ1) is 18.8. The number of hydrogen-bond donors (Lipinski definition) is 3. The predicted molar refractivity (Wildman–Crippen MR) is 151 cm³/mol. The standard InChI is InChI=1S/C30H46N4O5/c1-20-17-34(21(2)19-35)29(37)25-16-24(31-28(36)22-10-6-4-7-11-22)14-15-26(25)39-27(20)18-33(3)30(38)32-23-12-8-5-9-13-23/h14-16,20-23,27,35H,4-13,17-19H2,1-3H3,(H,31,36)(H,32,38)/t20-,21-,27-/m1/s1. The molecule has 2 aliphatic carbocycles. The van der Waals surface area contributed by atoms with Crippen molar-refractivity contribution in [1.82, 2.24) is 15.1 Å². The van der Waals surface area contributed by atoms with Crippen molar-refractivity contribution in [2.75, 3.05) is 32.1 Å². The number of carbonyl (C=O) groups excluding carboxylic acids is 3. The van der Waals surface area contributed by atoms with Gasteiger partial charge in [-0.05, 0) is 50.8 Å². The van der Waals surface area contributed by atoms with Gasteiger partial charge in [0.1, 0.15) is 11.9 Å². The zero-order chi connectivity index (χ0) is 27.9. The van der Waals surface area contributed by atoms with E-state index in [0.717, 1.165) is 51.4 Å². The van der Waals surface area contributed by atoms with Crippen LogP contribution < -0.4 is 15.4 Å². The molecule has 1 heterocycles. The Morgan fingerprint density at radius 3 is 2.44 bits per heavy atom. The molecule has 0 saturated heterocycles. The van der Waals surface area contributed by atoms with Crippen LogP contribution in [-0.4, -0.2) is 77.7 Å². The van der Waals surface area contributed by atoms with Crippen LogP contribution in [0.1, 0.15) is 88.4 Å². The summed E-state index contributed by atoms with van der Waals surface area (Å²) in [5, 5.41) is 16.1. The number of nitrogens with one attached hydrogen (secondary N) is 2. The molecule has 1 aromatic rings. The number of amides is 4. The molecule has 3 aliphatic rings. The summed E-state index contributed by atoms with van der Waals surface area (Å²) in [6, 6.07) is 4.90. The normalized spacial score (nSPS) is 23.6. The number of hydrogen-bond acceptors (Lipinski definition) is 5. The van der Waals surface area contributed by atoms with Crippen molar-refractivity contribution in [3.05, 3.63) is 23.8 Å². The number of benzene rings is 1. The fourth-order valence-electron chi connectivity index (χ4n) is 6.01. The molecule has 0 radical (unpaired) electrons. The largest absolute Gasteiger partial charge is 0.487 e. The highest BCUT2D eigenvalue weighted by molar-refractivity contribution is 6.00. The second-order valence-corrected chi connectivity index (χ2v) is 11.8. The van der Waals surface area contributed by atoms with Crippen LogP contribution >= 0.6 is 0 Å². The van der Waals surface area contributed by atoms with E-state index in [9.17, 15) is 19.5 Å². The molecule has 2 fully saturated rings. The molecule has 1 aliphatic heterocycles. The second-order valence-electron chi connectivity index (χ2n) is 11.8. The van der Waals surface area contributed by atoms with Gasteiger partial charge >= 0.3 is 6.03 Å². The Morgan fingerprint density at radius 2 is 1.77 bits per heavy atom. The predicted octanol–water partition coefficient (Wildman–Crippen LogP) is 4.40. The first-order valence-corrected chi connectivity index (χ1v) is 14.8. The average molecular weight is 543 g/mol. The number of urea groups is 1. The Labute approximate surface area is 232 Å². The molecule has 4 rings (SSSR count). The van der Waals surface area contributed by atoms with Gasteiger partial charge in [-0.25, -0.2) is 4.79 Å². The topological polar surface area (TPSA) is 111 Å². The zero-order valence-corrected chi connectivity index (χ0v) is 23.8. The maximum absolute atomic E-state index is 13.7. The minimum Gasteiger partial charge on any atom is -0.487 e. The molecule has 0 unspecified atom stereocenters. The Kier molecular flexibility index (Phi) is 10.1. The lowest BCUT2D eigenvalue weighted by molar-refractivity contribution is -0.120. The van der Waals surface area contributed by atoms with Crippen molar-refractivity contribution < 1.29 is 24.2 Å². The summed E-state index contributed by atoms with van der Waals surface area (Å²) >= 11 is 0. The van der Waals surface area contributed by atoms with Crippen LogP contribution in [-0.2, 0) is 4.79 Å². The molecule has 9 heteroatoms. The van der Waals surface area contributed by atoms with Crippen LogP contribution in [0.3, 0.4) is 0 Å². The molecule has 3 atom stereocenters. The van der Waals surface area contributed by atoms with Gasteiger partial charge in [-0.3, -0.25) is 9.59 Å². The molecule has 1 aromatic carbocycles. The molecule has 3 N–H and O–H groups in total. The molecule has 0 aromatic heterocycles. The highest BCUT2D eigenvalue weighted by atomic mass is 16.5. The maximum Gasteiger partial charge on any atom is 0.317 e. The third kappa shape index (κ3) is 7.44. The van der Waals surface area contributed by atoms with Crippen LogP contribution in [0, 0.1) is 11.8 Å². The van der Waals surface area contributed by atoms with E-state index in [1.165, 1.54) is 12.8 Å². The Hall–Kier alpha value is -2.81. The summed E-state index contributed by atoms with van der Waals surface area (Å²) in [6.07, 6.45) is 10.3. The summed E-state index contributed by atoms with van der Waals surface area (Å²) < 4.78 is 6.42. The van der Waals surface area contributed by atoms with Crippen molar-refractivity contribution >= 4 is 23.5 Å². The first-order valence-electron chi connectivity index (χ1n) is 14.8.